The molecule has 5 heteroatoms. The maximum Gasteiger partial charge on any atom is 0.165 e. The van der Waals surface area contributed by atoms with Crippen molar-refractivity contribution in [2.75, 3.05) is 12.4 Å². The Morgan fingerprint density at radius 2 is 1.65 bits per heavy atom. The van der Waals surface area contributed by atoms with Crippen LogP contribution in [-0.2, 0) is 0 Å². The zero-order chi connectivity index (χ0) is 14.7. The molecule has 0 aliphatic carbocycles. The molecule has 0 radical (unpaired) electrons. The van der Waals surface area contributed by atoms with Crippen LogP contribution in [-0.4, -0.2) is 7.11 Å². The fourth-order valence-corrected chi connectivity index (χ4v) is 1.86. The molecular weight excluding hydrogens is 267 g/mol. The Bertz CT molecular complexity index is 616. The van der Waals surface area contributed by atoms with Gasteiger partial charge in [0.1, 0.15) is 0 Å². The summed E-state index contributed by atoms with van der Waals surface area (Å²) in [4.78, 5) is 0. The SMILES string of the molecule is COc1cc(C(C)Nc2ccc(F)c(F)c2)ccc1F. The Morgan fingerprint density at radius 3 is 2.30 bits per heavy atom. The van der Waals surface area contributed by atoms with Crippen LogP contribution in [0.5, 0.6) is 5.75 Å². The van der Waals surface area contributed by atoms with Crippen LogP contribution in [0.4, 0.5) is 18.9 Å². The maximum atomic E-state index is 13.3. The highest BCUT2D eigenvalue weighted by molar-refractivity contribution is 5.46. The molecule has 0 aliphatic heterocycles. The first-order valence-corrected chi connectivity index (χ1v) is 6.06. The van der Waals surface area contributed by atoms with E-state index in [0.717, 1.165) is 17.7 Å². The topological polar surface area (TPSA) is 21.3 Å². The molecule has 2 nitrogen and oxygen atoms in total. The van der Waals surface area contributed by atoms with Crippen molar-refractivity contribution in [2.24, 2.45) is 0 Å². The van der Waals surface area contributed by atoms with E-state index in [1.807, 2.05) is 6.92 Å². The van der Waals surface area contributed by atoms with Crippen molar-refractivity contribution >= 4 is 5.69 Å². The monoisotopic (exact) mass is 281 g/mol. The average Bonchev–Trinajstić information content (AvgIpc) is 2.43. The number of ether oxygens (including phenoxy) is 1. The minimum atomic E-state index is -0.918. The highest BCUT2D eigenvalue weighted by atomic mass is 19.2. The minimum absolute atomic E-state index is 0.140. The van der Waals surface area contributed by atoms with E-state index in [2.05, 4.69) is 5.32 Å². The quantitative estimate of drug-likeness (QED) is 0.902. The van der Waals surface area contributed by atoms with Crippen LogP contribution < -0.4 is 10.1 Å². The average molecular weight is 281 g/mol. The van der Waals surface area contributed by atoms with Crippen molar-refractivity contribution in [3.05, 3.63) is 59.4 Å². The molecule has 2 rings (SSSR count). The second-order valence-corrected chi connectivity index (χ2v) is 4.39. The molecule has 0 aliphatic rings. The van der Waals surface area contributed by atoms with Gasteiger partial charge in [-0.25, -0.2) is 13.2 Å². The van der Waals surface area contributed by atoms with Gasteiger partial charge in [0.15, 0.2) is 23.2 Å². The van der Waals surface area contributed by atoms with E-state index in [9.17, 15) is 13.2 Å². The molecule has 1 atom stereocenters. The second kappa shape index (κ2) is 5.86. The van der Waals surface area contributed by atoms with Crippen molar-refractivity contribution in [3.8, 4) is 5.75 Å². The van der Waals surface area contributed by atoms with Crippen LogP contribution in [0.25, 0.3) is 0 Å². The lowest BCUT2D eigenvalue weighted by atomic mass is 10.1. The van der Waals surface area contributed by atoms with Gasteiger partial charge in [-0.05, 0) is 36.8 Å². The van der Waals surface area contributed by atoms with Gasteiger partial charge in [-0.3, -0.25) is 0 Å². The predicted molar refractivity (Wildman–Crippen MR) is 71.3 cm³/mol. The van der Waals surface area contributed by atoms with Crippen LogP contribution in [0.15, 0.2) is 36.4 Å². The smallest absolute Gasteiger partial charge is 0.165 e. The lowest BCUT2D eigenvalue weighted by Gasteiger charge is -2.17. The third kappa shape index (κ3) is 3.04. The first-order chi connectivity index (χ1) is 9.51. The molecule has 20 heavy (non-hydrogen) atoms. The first kappa shape index (κ1) is 14.2. The molecule has 0 aromatic heterocycles. The van der Waals surface area contributed by atoms with Crippen LogP contribution >= 0.6 is 0 Å². The van der Waals surface area contributed by atoms with Gasteiger partial charge in [-0.1, -0.05) is 6.07 Å². The van der Waals surface area contributed by atoms with Gasteiger partial charge < -0.3 is 10.1 Å². The summed E-state index contributed by atoms with van der Waals surface area (Å²) in [5.41, 5.74) is 1.22. The number of methoxy groups -OCH3 is 1. The Hall–Kier alpha value is -2.17. The van der Waals surface area contributed by atoms with Crippen LogP contribution in [0.2, 0.25) is 0 Å². The third-order valence-electron chi connectivity index (χ3n) is 2.98. The molecule has 106 valence electrons. The van der Waals surface area contributed by atoms with Crippen molar-refractivity contribution in [3.63, 3.8) is 0 Å². The first-order valence-electron chi connectivity index (χ1n) is 6.06. The molecule has 1 N–H and O–H groups in total. The van der Waals surface area contributed by atoms with Gasteiger partial charge in [0.25, 0.3) is 0 Å². The number of halogens is 3. The van der Waals surface area contributed by atoms with Crippen molar-refractivity contribution in [1.82, 2.24) is 0 Å². The summed E-state index contributed by atoms with van der Waals surface area (Å²) in [6.07, 6.45) is 0. The number of anilines is 1. The standard InChI is InChI=1S/C15H14F3NO/c1-9(10-3-5-13(17)15(7-10)20-2)19-11-4-6-12(16)14(18)8-11/h3-9,19H,1-2H3. The molecule has 0 bridgehead atoms. The Morgan fingerprint density at radius 1 is 0.950 bits per heavy atom. The molecule has 0 spiro atoms. The Balaban J connectivity index is 2.19. The number of benzene rings is 2. The van der Waals surface area contributed by atoms with E-state index in [4.69, 9.17) is 4.74 Å². The fraction of sp³-hybridized carbons (Fsp3) is 0.200. The van der Waals surface area contributed by atoms with E-state index in [1.165, 1.54) is 19.2 Å². The molecular formula is C15H14F3NO. The van der Waals surface area contributed by atoms with Gasteiger partial charge in [-0.2, -0.15) is 0 Å². The molecule has 2 aromatic rings. The largest absolute Gasteiger partial charge is 0.494 e. The van der Waals surface area contributed by atoms with Gasteiger partial charge in [0, 0.05) is 17.8 Å². The summed E-state index contributed by atoms with van der Waals surface area (Å²) in [5.74, 6) is -2.12. The third-order valence-corrected chi connectivity index (χ3v) is 2.98. The molecule has 0 amide bonds. The fourth-order valence-electron chi connectivity index (χ4n) is 1.86. The summed E-state index contributed by atoms with van der Waals surface area (Å²) in [6, 6.07) is 7.83. The van der Waals surface area contributed by atoms with E-state index in [-0.39, 0.29) is 11.8 Å². The van der Waals surface area contributed by atoms with Crippen LogP contribution in [0, 0.1) is 17.5 Å². The Kier molecular flexibility index (Phi) is 4.17. The van der Waals surface area contributed by atoms with E-state index >= 15 is 0 Å². The minimum Gasteiger partial charge on any atom is -0.494 e. The Labute approximate surface area is 115 Å². The lowest BCUT2D eigenvalue weighted by molar-refractivity contribution is 0.385. The maximum absolute atomic E-state index is 13.3. The highest BCUT2D eigenvalue weighted by Gasteiger charge is 2.11. The zero-order valence-electron chi connectivity index (χ0n) is 11.1. The van der Waals surface area contributed by atoms with Crippen molar-refractivity contribution in [1.29, 1.82) is 0 Å². The number of hydrogen-bond acceptors (Lipinski definition) is 2. The van der Waals surface area contributed by atoms with Gasteiger partial charge in [0.05, 0.1) is 7.11 Å². The molecule has 0 fully saturated rings. The number of hydrogen-bond donors (Lipinski definition) is 1. The van der Waals surface area contributed by atoms with E-state index in [0.29, 0.717) is 5.69 Å². The summed E-state index contributed by atoms with van der Waals surface area (Å²) in [5, 5.41) is 3.01. The van der Waals surface area contributed by atoms with Gasteiger partial charge in [-0.15, -0.1) is 0 Å². The van der Waals surface area contributed by atoms with Gasteiger partial charge >= 0.3 is 0 Å². The van der Waals surface area contributed by atoms with Crippen LogP contribution in [0.1, 0.15) is 18.5 Å². The van der Waals surface area contributed by atoms with E-state index in [1.54, 1.807) is 12.1 Å². The summed E-state index contributed by atoms with van der Waals surface area (Å²) in [7, 11) is 1.38. The lowest BCUT2D eigenvalue weighted by Crippen LogP contribution is -2.07. The van der Waals surface area contributed by atoms with Crippen molar-refractivity contribution < 1.29 is 17.9 Å². The summed E-state index contributed by atoms with van der Waals surface area (Å²) >= 11 is 0. The number of nitrogens with one attached hydrogen (secondary N) is 1. The molecule has 1 unspecified atom stereocenters. The van der Waals surface area contributed by atoms with E-state index < -0.39 is 17.5 Å². The summed E-state index contributed by atoms with van der Waals surface area (Å²) in [6.45, 7) is 1.83. The molecule has 2 aromatic carbocycles. The molecule has 0 saturated heterocycles. The molecule has 0 saturated carbocycles. The van der Waals surface area contributed by atoms with Crippen LogP contribution in [0.3, 0.4) is 0 Å². The molecule has 0 heterocycles. The summed E-state index contributed by atoms with van der Waals surface area (Å²) < 4.78 is 44.2. The normalized spacial score (nSPS) is 12.1. The predicted octanol–water partition coefficient (Wildman–Crippen LogP) is 4.29. The zero-order valence-corrected chi connectivity index (χ0v) is 11.1. The highest BCUT2D eigenvalue weighted by Crippen LogP contribution is 2.25. The number of rotatable bonds is 4. The van der Waals surface area contributed by atoms with Crippen molar-refractivity contribution in [2.45, 2.75) is 13.0 Å². The second-order valence-electron chi connectivity index (χ2n) is 4.39. The van der Waals surface area contributed by atoms with Gasteiger partial charge in [0.2, 0.25) is 0 Å².